The number of nitrogens with zero attached hydrogens (tertiary/aromatic N) is 3. The van der Waals surface area contributed by atoms with Gasteiger partial charge in [0.1, 0.15) is 12.1 Å². The van der Waals surface area contributed by atoms with Crippen LogP contribution in [0.5, 0.6) is 0 Å². The van der Waals surface area contributed by atoms with Crippen molar-refractivity contribution in [1.82, 2.24) is 14.7 Å². The Kier molecular flexibility index (Phi) is 7.57. The number of hydrogen-bond donors (Lipinski definition) is 0. The third kappa shape index (κ3) is 6.51. The summed E-state index contributed by atoms with van der Waals surface area (Å²) >= 11 is 0. The van der Waals surface area contributed by atoms with Crippen LogP contribution in [0.2, 0.25) is 0 Å². The Balaban J connectivity index is 1.84. The second-order valence-electron chi connectivity index (χ2n) is 9.27. The first-order valence-corrected chi connectivity index (χ1v) is 11.2. The van der Waals surface area contributed by atoms with Crippen LogP contribution in [0.25, 0.3) is 11.1 Å². The number of likely N-dealkylation sites (tertiary alicyclic amines) is 1. The molecule has 7 nitrogen and oxygen atoms in total. The molecule has 34 heavy (non-hydrogen) atoms. The van der Waals surface area contributed by atoms with E-state index >= 15 is 0 Å². The van der Waals surface area contributed by atoms with Crippen LogP contribution >= 0.6 is 0 Å². The van der Waals surface area contributed by atoms with Crippen molar-refractivity contribution in [3.63, 3.8) is 0 Å². The fourth-order valence-electron chi connectivity index (χ4n) is 3.97. The molecule has 0 bridgehead atoms. The maximum Gasteiger partial charge on any atom is 0.416 e. The highest BCUT2D eigenvalue weighted by atomic mass is 19.4. The summed E-state index contributed by atoms with van der Waals surface area (Å²) in [6, 6.07) is 3.72. The second-order valence-corrected chi connectivity index (χ2v) is 9.27. The monoisotopic (exact) mass is 481 g/mol. The largest absolute Gasteiger partial charge is 0.465 e. The summed E-state index contributed by atoms with van der Waals surface area (Å²) in [4.78, 5) is 25.8. The minimum Gasteiger partial charge on any atom is -0.465 e. The molecule has 0 radical (unpaired) electrons. The van der Waals surface area contributed by atoms with Crippen molar-refractivity contribution in [2.24, 2.45) is 0 Å². The Morgan fingerprint density at radius 2 is 1.82 bits per heavy atom. The second kappa shape index (κ2) is 10.1. The predicted octanol–water partition coefficient (Wildman–Crippen LogP) is 5.25. The number of carbonyl (C=O) groups excluding carboxylic acids is 2. The molecule has 1 aromatic carbocycles. The van der Waals surface area contributed by atoms with E-state index in [4.69, 9.17) is 9.47 Å². The van der Waals surface area contributed by atoms with E-state index in [2.05, 4.69) is 5.10 Å². The summed E-state index contributed by atoms with van der Waals surface area (Å²) in [5, 5.41) is 4.13. The molecule has 1 aliphatic rings. The normalized spacial score (nSPS) is 15.3. The molecular weight excluding hydrogens is 451 g/mol. The molecular formula is C24H30F3N3O4. The van der Waals surface area contributed by atoms with Crippen LogP contribution in [-0.4, -0.2) is 52.0 Å². The van der Waals surface area contributed by atoms with Crippen molar-refractivity contribution in [1.29, 1.82) is 0 Å². The lowest BCUT2D eigenvalue weighted by Crippen LogP contribution is -2.41. The van der Waals surface area contributed by atoms with Crippen LogP contribution in [0.1, 0.15) is 57.6 Å². The van der Waals surface area contributed by atoms with Crippen LogP contribution in [0.15, 0.2) is 30.6 Å². The van der Waals surface area contributed by atoms with Gasteiger partial charge in [-0.05, 0) is 69.7 Å². The lowest BCUT2D eigenvalue weighted by Gasteiger charge is -2.34. The van der Waals surface area contributed by atoms with Crippen LogP contribution in [-0.2, 0) is 27.0 Å². The topological polar surface area (TPSA) is 73.7 Å². The Hall–Kier alpha value is -3.04. The zero-order chi connectivity index (χ0) is 25.1. The number of hydrogen-bond acceptors (Lipinski definition) is 5. The minimum absolute atomic E-state index is 0.0376. The molecule has 0 N–H and O–H groups in total. The first kappa shape index (κ1) is 25.6. The fraction of sp³-hybridized carbons (Fsp3) is 0.542. The molecule has 10 heteroatoms. The SMILES string of the molecule is CCOC(=O)Cn1cc(-c2cc(C(F)(F)F)ccc2C2CCN(C(=O)OC(C)(C)C)CC2)cn1. The maximum atomic E-state index is 13.5. The molecule has 186 valence electrons. The third-order valence-corrected chi connectivity index (χ3v) is 5.51. The van der Waals surface area contributed by atoms with Crippen molar-refractivity contribution in [2.45, 2.75) is 64.8 Å². The molecule has 3 rings (SSSR count). The number of alkyl halides is 3. The quantitative estimate of drug-likeness (QED) is 0.546. The molecule has 2 aromatic rings. The van der Waals surface area contributed by atoms with Gasteiger partial charge in [0.2, 0.25) is 0 Å². The van der Waals surface area contributed by atoms with Crippen molar-refractivity contribution < 1.29 is 32.2 Å². The molecule has 0 spiro atoms. The first-order chi connectivity index (χ1) is 15.9. The summed E-state index contributed by atoms with van der Waals surface area (Å²) in [6.45, 7) is 8.08. The van der Waals surface area contributed by atoms with Crippen molar-refractivity contribution >= 4 is 12.1 Å². The Morgan fingerprint density at radius 3 is 2.41 bits per heavy atom. The number of benzene rings is 1. The summed E-state index contributed by atoms with van der Waals surface area (Å²) in [6.07, 6.45) is -0.698. The maximum absolute atomic E-state index is 13.5. The lowest BCUT2D eigenvalue weighted by molar-refractivity contribution is -0.144. The smallest absolute Gasteiger partial charge is 0.416 e. The standard InChI is InChI=1S/C24H30F3N3O4/c1-5-33-21(31)15-30-14-17(13-28-30)20-12-18(24(25,26)27)6-7-19(20)16-8-10-29(11-9-16)22(32)34-23(2,3)4/h6-7,12-14,16H,5,8-11,15H2,1-4H3. The van der Waals surface area contributed by atoms with Gasteiger partial charge in [-0.25, -0.2) is 4.79 Å². The van der Waals surface area contributed by atoms with E-state index in [0.29, 0.717) is 37.1 Å². The highest BCUT2D eigenvalue weighted by Crippen LogP contribution is 2.39. The summed E-state index contributed by atoms with van der Waals surface area (Å²) in [7, 11) is 0. The number of rotatable bonds is 5. The van der Waals surface area contributed by atoms with Crippen LogP contribution in [0, 0.1) is 0 Å². The van der Waals surface area contributed by atoms with Crippen molar-refractivity contribution in [3.05, 3.63) is 41.7 Å². The van der Waals surface area contributed by atoms with E-state index in [1.807, 2.05) is 0 Å². The van der Waals surface area contributed by atoms with E-state index in [9.17, 15) is 22.8 Å². The van der Waals surface area contributed by atoms with Gasteiger partial charge in [-0.1, -0.05) is 6.07 Å². The molecule has 0 saturated carbocycles. The van der Waals surface area contributed by atoms with Crippen LogP contribution in [0.3, 0.4) is 0 Å². The van der Waals surface area contributed by atoms with Crippen molar-refractivity contribution in [2.75, 3.05) is 19.7 Å². The van der Waals surface area contributed by atoms with Gasteiger partial charge in [0.05, 0.1) is 18.4 Å². The number of ether oxygens (including phenoxy) is 2. The van der Waals surface area contributed by atoms with Crippen LogP contribution < -0.4 is 0 Å². The summed E-state index contributed by atoms with van der Waals surface area (Å²) < 4.78 is 52.1. The molecule has 1 aromatic heterocycles. The minimum atomic E-state index is -4.49. The predicted molar refractivity (Wildman–Crippen MR) is 119 cm³/mol. The average Bonchev–Trinajstić information content (AvgIpc) is 3.20. The third-order valence-electron chi connectivity index (χ3n) is 5.51. The van der Waals surface area contributed by atoms with Gasteiger partial charge in [0.25, 0.3) is 0 Å². The van der Waals surface area contributed by atoms with Gasteiger partial charge in [-0.2, -0.15) is 18.3 Å². The molecule has 2 heterocycles. The molecule has 1 saturated heterocycles. The fourth-order valence-corrected chi connectivity index (χ4v) is 3.97. The van der Waals surface area contributed by atoms with E-state index < -0.39 is 23.3 Å². The zero-order valence-corrected chi connectivity index (χ0v) is 19.8. The average molecular weight is 482 g/mol. The highest BCUT2D eigenvalue weighted by molar-refractivity contribution is 5.71. The molecule has 0 aliphatic carbocycles. The molecule has 1 fully saturated rings. The van der Waals surface area contributed by atoms with Crippen LogP contribution in [0.4, 0.5) is 18.0 Å². The van der Waals surface area contributed by atoms with E-state index in [0.717, 1.165) is 17.7 Å². The number of piperidine rings is 1. The molecule has 0 unspecified atom stereocenters. The number of halogens is 3. The van der Waals surface area contributed by atoms with E-state index in [1.165, 1.54) is 16.9 Å². The summed E-state index contributed by atoms with van der Waals surface area (Å²) in [5.41, 5.74) is 0.307. The Labute approximate surface area is 196 Å². The Bertz CT molecular complexity index is 1020. The first-order valence-electron chi connectivity index (χ1n) is 11.2. The van der Waals surface area contributed by atoms with Gasteiger partial charge in [0, 0.05) is 24.8 Å². The molecule has 1 aliphatic heterocycles. The summed E-state index contributed by atoms with van der Waals surface area (Å²) in [5.74, 6) is -0.514. The van der Waals surface area contributed by atoms with Crippen molar-refractivity contribution in [3.8, 4) is 11.1 Å². The van der Waals surface area contributed by atoms with E-state index in [1.54, 1.807) is 38.8 Å². The number of esters is 1. The van der Waals surface area contributed by atoms with Gasteiger partial charge >= 0.3 is 18.2 Å². The van der Waals surface area contributed by atoms with Gasteiger partial charge in [0.15, 0.2) is 0 Å². The van der Waals surface area contributed by atoms with E-state index in [-0.39, 0.29) is 25.2 Å². The number of carbonyl (C=O) groups is 2. The lowest BCUT2D eigenvalue weighted by atomic mass is 9.84. The number of amides is 1. The highest BCUT2D eigenvalue weighted by Gasteiger charge is 2.33. The number of aromatic nitrogens is 2. The molecule has 1 amide bonds. The van der Waals surface area contributed by atoms with Gasteiger partial charge in [-0.3, -0.25) is 9.48 Å². The zero-order valence-electron chi connectivity index (χ0n) is 19.8. The van der Waals surface area contributed by atoms with Gasteiger partial charge < -0.3 is 14.4 Å². The molecule has 0 atom stereocenters. The van der Waals surface area contributed by atoms with Gasteiger partial charge in [-0.15, -0.1) is 0 Å². The Morgan fingerprint density at radius 1 is 1.15 bits per heavy atom.